The van der Waals surface area contributed by atoms with Crippen LogP contribution in [0.25, 0.3) is 10.9 Å². The Morgan fingerprint density at radius 1 is 1.23 bits per heavy atom. The molecule has 3 aromatic rings. The molecule has 5 heteroatoms. The monoisotopic (exact) mass is 314 g/mol. The molecular weight excluding hydrogens is 300 g/mol. The van der Waals surface area contributed by atoms with Crippen molar-refractivity contribution in [2.45, 2.75) is 6.42 Å². The summed E-state index contributed by atoms with van der Waals surface area (Å²) >= 11 is 5.85. The Bertz CT molecular complexity index is 826. The quantitative estimate of drug-likeness (QED) is 0.690. The standard InChI is InChI=1S/C17H15ClN2O2/c18-12-5-6-16(21)14(9-12)17(22)19-8-7-11-10-20-15-4-2-1-3-13(11)15/h1-6,9-10,20-21H,7-8H2,(H,19,22). The van der Waals surface area contributed by atoms with Crippen molar-refractivity contribution in [3.63, 3.8) is 0 Å². The van der Waals surface area contributed by atoms with E-state index in [9.17, 15) is 9.90 Å². The van der Waals surface area contributed by atoms with Gasteiger partial charge in [-0.3, -0.25) is 4.79 Å². The van der Waals surface area contributed by atoms with Crippen LogP contribution in [-0.4, -0.2) is 22.5 Å². The molecule has 3 N–H and O–H groups in total. The second-order valence-corrected chi connectivity index (χ2v) is 5.46. The van der Waals surface area contributed by atoms with Gasteiger partial charge in [-0.2, -0.15) is 0 Å². The number of benzene rings is 2. The van der Waals surface area contributed by atoms with Crippen LogP contribution in [0.5, 0.6) is 5.75 Å². The molecule has 22 heavy (non-hydrogen) atoms. The first-order chi connectivity index (χ1) is 10.6. The minimum Gasteiger partial charge on any atom is -0.507 e. The largest absolute Gasteiger partial charge is 0.507 e. The molecule has 0 bridgehead atoms. The number of fused-ring (bicyclic) bond motifs is 1. The minimum absolute atomic E-state index is 0.0750. The number of phenolic OH excluding ortho intramolecular Hbond substituents is 1. The lowest BCUT2D eigenvalue weighted by Gasteiger charge is -2.07. The van der Waals surface area contributed by atoms with Gasteiger partial charge in [-0.25, -0.2) is 0 Å². The Labute approximate surface area is 132 Å². The van der Waals surface area contributed by atoms with Gasteiger partial charge in [0.1, 0.15) is 5.75 Å². The van der Waals surface area contributed by atoms with Gasteiger partial charge in [0.2, 0.25) is 0 Å². The maximum Gasteiger partial charge on any atom is 0.255 e. The van der Waals surface area contributed by atoms with Gasteiger partial charge < -0.3 is 15.4 Å². The number of phenols is 1. The fourth-order valence-corrected chi connectivity index (χ4v) is 2.61. The van der Waals surface area contributed by atoms with Gasteiger partial charge in [-0.1, -0.05) is 29.8 Å². The van der Waals surface area contributed by atoms with Gasteiger partial charge in [0.05, 0.1) is 5.56 Å². The van der Waals surface area contributed by atoms with Crippen molar-refractivity contribution in [3.8, 4) is 5.75 Å². The van der Waals surface area contributed by atoms with Gasteiger partial charge in [0, 0.05) is 28.7 Å². The van der Waals surface area contributed by atoms with Crippen molar-refractivity contribution in [1.29, 1.82) is 0 Å². The summed E-state index contributed by atoms with van der Waals surface area (Å²) in [6, 6.07) is 12.4. The average molecular weight is 315 g/mol. The lowest BCUT2D eigenvalue weighted by molar-refractivity contribution is 0.0951. The van der Waals surface area contributed by atoms with Crippen LogP contribution in [0.15, 0.2) is 48.7 Å². The molecule has 2 aromatic carbocycles. The van der Waals surface area contributed by atoms with Crippen LogP contribution in [0.2, 0.25) is 5.02 Å². The highest BCUT2D eigenvalue weighted by Crippen LogP contribution is 2.21. The Morgan fingerprint density at radius 3 is 2.91 bits per heavy atom. The van der Waals surface area contributed by atoms with E-state index in [1.54, 1.807) is 6.07 Å². The first-order valence-electron chi connectivity index (χ1n) is 6.97. The third kappa shape index (κ3) is 2.92. The SMILES string of the molecule is O=C(NCCc1c[nH]c2ccccc12)c1cc(Cl)ccc1O. The predicted molar refractivity (Wildman–Crippen MR) is 87.5 cm³/mol. The molecule has 3 rings (SSSR count). The molecule has 0 atom stereocenters. The zero-order valence-corrected chi connectivity index (χ0v) is 12.5. The molecule has 4 nitrogen and oxygen atoms in total. The topological polar surface area (TPSA) is 65.1 Å². The maximum atomic E-state index is 12.1. The van der Waals surface area contributed by atoms with Gasteiger partial charge in [-0.15, -0.1) is 0 Å². The Kier molecular flexibility index (Phi) is 4.02. The van der Waals surface area contributed by atoms with Crippen molar-refractivity contribution in [3.05, 3.63) is 64.8 Å². The van der Waals surface area contributed by atoms with Gasteiger partial charge >= 0.3 is 0 Å². The van der Waals surface area contributed by atoms with Crippen LogP contribution in [-0.2, 0) is 6.42 Å². The molecule has 1 amide bonds. The summed E-state index contributed by atoms with van der Waals surface area (Å²) in [6.07, 6.45) is 2.66. The number of aromatic amines is 1. The number of aromatic hydroxyl groups is 1. The molecular formula is C17H15ClN2O2. The van der Waals surface area contributed by atoms with E-state index in [1.807, 2.05) is 30.5 Å². The van der Waals surface area contributed by atoms with Crippen LogP contribution < -0.4 is 5.32 Å². The number of hydrogen-bond donors (Lipinski definition) is 3. The number of H-pyrrole nitrogens is 1. The van der Waals surface area contributed by atoms with E-state index in [1.165, 1.54) is 12.1 Å². The molecule has 1 aromatic heterocycles. The van der Waals surface area contributed by atoms with Crippen LogP contribution >= 0.6 is 11.6 Å². The summed E-state index contributed by atoms with van der Waals surface area (Å²) in [5, 5.41) is 14.1. The zero-order chi connectivity index (χ0) is 15.5. The molecule has 0 radical (unpaired) electrons. The molecule has 0 fully saturated rings. The summed E-state index contributed by atoms with van der Waals surface area (Å²) in [5.41, 5.74) is 2.41. The van der Waals surface area contributed by atoms with Crippen molar-refractivity contribution in [2.75, 3.05) is 6.54 Å². The number of amides is 1. The fraction of sp³-hybridized carbons (Fsp3) is 0.118. The van der Waals surface area contributed by atoms with Crippen LogP contribution in [0.1, 0.15) is 15.9 Å². The number of carbonyl (C=O) groups is 1. The molecule has 112 valence electrons. The van der Waals surface area contributed by atoms with Crippen molar-refractivity contribution in [2.24, 2.45) is 0 Å². The fourth-order valence-electron chi connectivity index (χ4n) is 2.43. The van der Waals surface area contributed by atoms with E-state index in [2.05, 4.69) is 10.3 Å². The molecule has 0 spiro atoms. The lowest BCUT2D eigenvalue weighted by atomic mass is 10.1. The summed E-state index contributed by atoms with van der Waals surface area (Å²) < 4.78 is 0. The zero-order valence-electron chi connectivity index (χ0n) is 11.8. The molecule has 0 saturated heterocycles. The average Bonchev–Trinajstić information content (AvgIpc) is 2.93. The van der Waals surface area contributed by atoms with E-state index in [0.717, 1.165) is 16.5 Å². The normalized spacial score (nSPS) is 10.8. The minimum atomic E-state index is -0.333. The number of aromatic nitrogens is 1. The van der Waals surface area contributed by atoms with E-state index < -0.39 is 0 Å². The molecule has 0 aliphatic rings. The number of hydrogen-bond acceptors (Lipinski definition) is 2. The van der Waals surface area contributed by atoms with Crippen molar-refractivity contribution >= 4 is 28.4 Å². The Hall–Kier alpha value is -2.46. The number of carbonyl (C=O) groups excluding carboxylic acids is 1. The highest BCUT2D eigenvalue weighted by molar-refractivity contribution is 6.31. The first-order valence-corrected chi connectivity index (χ1v) is 7.34. The third-order valence-electron chi connectivity index (χ3n) is 3.56. The van der Waals surface area contributed by atoms with E-state index >= 15 is 0 Å². The number of rotatable bonds is 4. The lowest BCUT2D eigenvalue weighted by Crippen LogP contribution is -2.25. The third-order valence-corrected chi connectivity index (χ3v) is 3.79. The summed E-state index contributed by atoms with van der Waals surface area (Å²) in [5.74, 6) is -0.408. The summed E-state index contributed by atoms with van der Waals surface area (Å²) in [7, 11) is 0. The highest BCUT2D eigenvalue weighted by atomic mass is 35.5. The maximum absolute atomic E-state index is 12.1. The smallest absolute Gasteiger partial charge is 0.255 e. The molecule has 1 heterocycles. The molecule has 0 unspecified atom stereocenters. The van der Waals surface area contributed by atoms with E-state index in [4.69, 9.17) is 11.6 Å². The van der Waals surface area contributed by atoms with E-state index in [-0.39, 0.29) is 17.2 Å². The number of halogens is 1. The van der Waals surface area contributed by atoms with Crippen molar-refractivity contribution in [1.82, 2.24) is 10.3 Å². The highest BCUT2D eigenvalue weighted by Gasteiger charge is 2.11. The van der Waals surface area contributed by atoms with Gasteiger partial charge in [-0.05, 0) is 36.2 Å². The molecule has 0 aliphatic carbocycles. The number of para-hydroxylation sites is 1. The Balaban J connectivity index is 1.65. The predicted octanol–water partition coefficient (Wildman–Crippen LogP) is 3.50. The molecule has 0 aliphatic heterocycles. The Morgan fingerprint density at radius 2 is 2.05 bits per heavy atom. The van der Waals surface area contributed by atoms with E-state index in [0.29, 0.717) is 18.0 Å². The van der Waals surface area contributed by atoms with Crippen molar-refractivity contribution < 1.29 is 9.90 Å². The second kappa shape index (κ2) is 6.12. The molecule has 0 saturated carbocycles. The van der Waals surface area contributed by atoms with Crippen LogP contribution in [0.3, 0.4) is 0 Å². The first kappa shape index (κ1) is 14.5. The second-order valence-electron chi connectivity index (χ2n) is 5.03. The number of nitrogens with one attached hydrogen (secondary N) is 2. The summed E-state index contributed by atoms with van der Waals surface area (Å²) in [6.45, 7) is 0.479. The van der Waals surface area contributed by atoms with Crippen LogP contribution in [0.4, 0.5) is 0 Å². The van der Waals surface area contributed by atoms with Gasteiger partial charge in [0.15, 0.2) is 0 Å². The van der Waals surface area contributed by atoms with Crippen LogP contribution in [0, 0.1) is 0 Å². The van der Waals surface area contributed by atoms with Gasteiger partial charge in [0.25, 0.3) is 5.91 Å². The summed E-state index contributed by atoms with van der Waals surface area (Å²) in [4.78, 5) is 15.3.